The fourth-order valence-corrected chi connectivity index (χ4v) is 2.33. The summed E-state index contributed by atoms with van der Waals surface area (Å²) in [6.07, 6.45) is 5.65. The molecule has 4 nitrogen and oxygen atoms in total. The van der Waals surface area contributed by atoms with Crippen LogP contribution < -0.4 is 0 Å². The molecule has 1 saturated carbocycles. The highest BCUT2D eigenvalue weighted by Gasteiger charge is 2.48. The van der Waals surface area contributed by atoms with E-state index in [9.17, 15) is 0 Å². The van der Waals surface area contributed by atoms with Gasteiger partial charge < -0.3 is 4.74 Å². The highest BCUT2D eigenvalue weighted by molar-refractivity contribution is 5.30. The molecule has 1 aliphatic heterocycles. The molecule has 1 aromatic rings. The molecule has 0 spiro atoms. The van der Waals surface area contributed by atoms with Gasteiger partial charge in [0.2, 0.25) is 0 Å². The van der Waals surface area contributed by atoms with Crippen molar-refractivity contribution >= 4 is 0 Å². The van der Waals surface area contributed by atoms with Gasteiger partial charge in [-0.05, 0) is 31.7 Å². The van der Waals surface area contributed by atoms with E-state index in [1.807, 2.05) is 6.07 Å². The van der Waals surface area contributed by atoms with Gasteiger partial charge in [-0.1, -0.05) is 0 Å². The molecule has 2 aliphatic rings. The van der Waals surface area contributed by atoms with E-state index in [1.165, 1.54) is 0 Å². The van der Waals surface area contributed by atoms with E-state index in [-0.39, 0.29) is 5.41 Å². The van der Waals surface area contributed by atoms with Crippen LogP contribution in [0.15, 0.2) is 12.3 Å². The first-order valence-corrected chi connectivity index (χ1v) is 6.16. The van der Waals surface area contributed by atoms with Crippen LogP contribution in [0.3, 0.4) is 0 Å². The summed E-state index contributed by atoms with van der Waals surface area (Å²) in [6, 6.07) is 4.33. The van der Waals surface area contributed by atoms with Crippen molar-refractivity contribution in [3.05, 3.63) is 23.8 Å². The monoisotopic (exact) mass is 229 g/mol. The van der Waals surface area contributed by atoms with E-state index < -0.39 is 0 Å². The van der Waals surface area contributed by atoms with Crippen LogP contribution >= 0.6 is 0 Å². The predicted octanol–water partition coefficient (Wildman–Crippen LogP) is 1.93. The van der Waals surface area contributed by atoms with Crippen LogP contribution in [-0.2, 0) is 10.2 Å². The maximum absolute atomic E-state index is 9.16. The smallest absolute Gasteiger partial charge is 0.148 e. The molecule has 1 aliphatic carbocycles. The summed E-state index contributed by atoms with van der Waals surface area (Å²) in [5, 5.41) is 9.16. The van der Waals surface area contributed by atoms with Gasteiger partial charge in [0.25, 0.3) is 0 Å². The molecule has 0 unspecified atom stereocenters. The lowest BCUT2D eigenvalue weighted by Gasteiger charge is -2.21. The number of nitriles is 1. The topological polar surface area (TPSA) is 58.8 Å². The summed E-state index contributed by atoms with van der Waals surface area (Å²) in [6.45, 7) is 1.63. The average Bonchev–Trinajstić information content (AvgIpc) is 3.21. The second-order valence-electron chi connectivity index (χ2n) is 4.89. The van der Waals surface area contributed by atoms with Crippen LogP contribution in [-0.4, -0.2) is 23.2 Å². The SMILES string of the molecule is N#CC1(c2nccc(C3CCOCC3)n2)CC1. The second-order valence-corrected chi connectivity index (χ2v) is 4.89. The predicted molar refractivity (Wildman–Crippen MR) is 61.4 cm³/mol. The van der Waals surface area contributed by atoms with Crippen LogP contribution in [0.2, 0.25) is 0 Å². The average molecular weight is 229 g/mol. The van der Waals surface area contributed by atoms with Crippen LogP contribution in [0.25, 0.3) is 0 Å². The number of ether oxygens (including phenoxy) is 1. The third-order valence-electron chi connectivity index (χ3n) is 3.71. The van der Waals surface area contributed by atoms with E-state index in [4.69, 9.17) is 10.00 Å². The third-order valence-corrected chi connectivity index (χ3v) is 3.71. The first kappa shape index (κ1) is 10.7. The van der Waals surface area contributed by atoms with Crippen LogP contribution in [0.4, 0.5) is 0 Å². The van der Waals surface area contributed by atoms with Crippen LogP contribution in [0.5, 0.6) is 0 Å². The van der Waals surface area contributed by atoms with Gasteiger partial charge in [0, 0.05) is 31.0 Å². The van der Waals surface area contributed by atoms with Crippen molar-refractivity contribution in [2.45, 2.75) is 37.0 Å². The molecule has 2 heterocycles. The lowest BCUT2D eigenvalue weighted by molar-refractivity contribution is 0.0844. The quantitative estimate of drug-likeness (QED) is 0.777. The van der Waals surface area contributed by atoms with E-state index in [2.05, 4.69) is 16.0 Å². The first-order valence-electron chi connectivity index (χ1n) is 6.16. The minimum atomic E-state index is -0.374. The van der Waals surface area contributed by atoms with Gasteiger partial charge in [-0.2, -0.15) is 5.26 Å². The lowest BCUT2D eigenvalue weighted by atomic mass is 9.96. The maximum atomic E-state index is 9.16. The zero-order valence-corrected chi connectivity index (χ0v) is 9.72. The van der Waals surface area contributed by atoms with Crippen LogP contribution in [0.1, 0.15) is 43.1 Å². The highest BCUT2D eigenvalue weighted by atomic mass is 16.5. The molecule has 2 fully saturated rings. The molecule has 88 valence electrons. The minimum absolute atomic E-state index is 0.374. The molecule has 1 saturated heterocycles. The van der Waals surface area contributed by atoms with Crippen molar-refractivity contribution in [3.8, 4) is 6.07 Å². The van der Waals surface area contributed by atoms with Crippen molar-refractivity contribution in [3.63, 3.8) is 0 Å². The number of hydrogen-bond acceptors (Lipinski definition) is 4. The molecule has 4 heteroatoms. The highest BCUT2D eigenvalue weighted by Crippen LogP contribution is 2.46. The summed E-state index contributed by atoms with van der Waals surface area (Å²) in [7, 11) is 0. The summed E-state index contributed by atoms with van der Waals surface area (Å²) in [4.78, 5) is 8.89. The fraction of sp³-hybridized carbons (Fsp3) is 0.615. The Balaban J connectivity index is 1.86. The van der Waals surface area contributed by atoms with Crippen molar-refractivity contribution in [2.75, 3.05) is 13.2 Å². The Morgan fingerprint density at radius 3 is 2.76 bits per heavy atom. The Morgan fingerprint density at radius 2 is 2.12 bits per heavy atom. The molecule has 0 bridgehead atoms. The molecular weight excluding hydrogens is 214 g/mol. The zero-order valence-electron chi connectivity index (χ0n) is 9.72. The van der Waals surface area contributed by atoms with Gasteiger partial charge in [0.15, 0.2) is 0 Å². The Kier molecular flexibility index (Phi) is 2.56. The molecule has 0 aromatic carbocycles. The van der Waals surface area contributed by atoms with Crippen molar-refractivity contribution in [1.82, 2.24) is 9.97 Å². The zero-order chi connectivity index (χ0) is 11.7. The molecule has 1 aromatic heterocycles. The van der Waals surface area contributed by atoms with Crippen molar-refractivity contribution in [2.24, 2.45) is 0 Å². The Morgan fingerprint density at radius 1 is 1.35 bits per heavy atom. The van der Waals surface area contributed by atoms with E-state index in [1.54, 1.807) is 6.20 Å². The standard InChI is InChI=1S/C13H15N3O/c14-9-13(4-5-13)12-15-6-1-11(16-12)10-2-7-17-8-3-10/h1,6,10H,2-5,7-8H2. The van der Waals surface area contributed by atoms with Crippen LogP contribution in [0, 0.1) is 11.3 Å². The van der Waals surface area contributed by atoms with Gasteiger partial charge in [0.1, 0.15) is 11.2 Å². The fourth-order valence-electron chi connectivity index (χ4n) is 2.33. The van der Waals surface area contributed by atoms with E-state index >= 15 is 0 Å². The van der Waals surface area contributed by atoms with E-state index in [0.717, 1.165) is 50.4 Å². The summed E-state index contributed by atoms with van der Waals surface area (Å²) >= 11 is 0. The maximum Gasteiger partial charge on any atom is 0.148 e. The Bertz CT molecular complexity index is 456. The summed E-state index contributed by atoms with van der Waals surface area (Å²) < 4.78 is 5.36. The molecule has 0 amide bonds. The van der Waals surface area contributed by atoms with Gasteiger partial charge in [-0.25, -0.2) is 9.97 Å². The molecular formula is C13H15N3O. The summed E-state index contributed by atoms with van der Waals surface area (Å²) in [5.74, 6) is 1.20. The number of aromatic nitrogens is 2. The molecule has 3 rings (SSSR count). The van der Waals surface area contributed by atoms with Crippen molar-refractivity contribution in [1.29, 1.82) is 5.26 Å². The molecule has 17 heavy (non-hydrogen) atoms. The molecule has 0 N–H and O–H groups in total. The Hall–Kier alpha value is -1.47. The molecule has 0 radical (unpaired) electrons. The molecule has 0 atom stereocenters. The number of rotatable bonds is 2. The normalized spacial score (nSPS) is 23.0. The lowest BCUT2D eigenvalue weighted by Crippen LogP contribution is -2.17. The second kappa shape index (κ2) is 4.08. The number of nitrogens with zero attached hydrogens (tertiary/aromatic N) is 3. The largest absolute Gasteiger partial charge is 0.381 e. The van der Waals surface area contributed by atoms with E-state index in [0.29, 0.717) is 5.92 Å². The van der Waals surface area contributed by atoms with Gasteiger partial charge in [0.05, 0.1) is 6.07 Å². The number of hydrogen-bond donors (Lipinski definition) is 0. The van der Waals surface area contributed by atoms with Gasteiger partial charge >= 0.3 is 0 Å². The Labute approximate surface area is 101 Å². The summed E-state index contributed by atoms with van der Waals surface area (Å²) in [5.41, 5.74) is 0.709. The first-order chi connectivity index (χ1) is 8.34. The van der Waals surface area contributed by atoms with Gasteiger partial charge in [-0.3, -0.25) is 0 Å². The third kappa shape index (κ3) is 1.91. The van der Waals surface area contributed by atoms with Gasteiger partial charge in [-0.15, -0.1) is 0 Å². The minimum Gasteiger partial charge on any atom is -0.381 e. The van der Waals surface area contributed by atoms with Crippen molar-refractivity contribution < 1.29 is 4.74 Å².